The van der Waals surface area contributed by atoms with E-state index in [0.29, 0.717) is 16.9 Å². The molecule has 2 aliphatic rings. The average molecular weight is 396 g/mol. The number of ether oxygens (including phenoxy) is 1. The number of likely N-dealkylation sites (tertiary alicyclic amines) is 1. The highest BCUT2D eigenvalue weighted by atomic mass is 16.5. The van der Waals surface area contributed by atoms with Crippen molar-refractivity contribution in [1.82, 2.24) is 4.90 Å². The first-order valence-corrected chi connectivity index (χ1v) is 10.3. The maximum Gasteiger partial charge on any atom is 0.255 e. The molecule has 1 unspecified atom stereocenters. The third-order valence-corrected chi connectivity index (χ3v) is 5.61. The number of rotatable bonds is 6. The van der Waals surface area contributed by atoms with Crippen LogP contribution in [-0.4, -0.2) is 36.5 Å². The average Bonchev–Trinajstić information content (AvgIpc) is 3.53. The van der Waals surface area contributed by atoms with E-state index in [9.17, 15) is 4.79 Å². The van der Waals surface area contributed by atoms with Crippen molar-refractivity contribution in [3.8, 4) is 5.75 Å². The Morgan fingerprint density at radius 3 is 2.52 bits per heavy atom. The molecule has 5 heteroatoms. The van der Waals surface area contributed by atoms with E-state index in [2.05, 4.69) is 10.2 Å². The predicted octanol–water partition coefficient (Wildman–Crippen LogP) is 4.80. The zero-order valence-corrected chi connectivity index (χ0v) is 16.3. The Hall–Kier alpha value is -2.53. The van der Waals surface area contributed by atoms with Gasteiger partial charge in [0.05, 0.1) is 17.5 Å². The normalized spacial score (nSPS) is 19.7. The maximum atomic E-state index is 12.4. The lowest BCUT2D eigenvalue weighted by Gasteiger charge is -2.20. The van der Waals surface area contributed by atoms with Crippen LogP contribution in [0.5, 0.6) is 5.75 Å². The molecule has 0 bridgehead atoms. The number of carbonyl (C=O) groups excluding carboxylic acids is 1. The van der Waals surface area contributed by atoms with Crippen LogP contribution in [0.15, 0.2) is 48.5 Å². The Bertz CT molecular complexity index is 802. The second-order valence-corrected chi connectivity index (χ2v) is 7.98. The van der Waals surface area contributed by atoms with Gasteiger partial charge in [-0.15, -0.1) is 0 Å². The molecule has 0 radical (unpaired) electrons. The Morgan fingerprint density at radius 2 is 1.79 bits per heavy atom. The zero-order chi connectivity index (χ0) is 19.3. The molecule has 29 heavy (non-hydrogen) atoms. The summed E-state index contributed by atoms with van der Waals surface area (Å²) < 4.78 is 6.20. The molecule has 0 aromatic heterocycles. The van der Waals surface area contributed by atoms with Crippen LogP contribution in [0.25, 0.3) is 0 Å². The molecule has 1 saturated carbocycles. The summed E-state index contributed by atoms with van der Waals surface area (Å²) in [6.07, 6.45) is 6.43. The van der Waals surface area contributed by atoms with Crippen molar-refractivity contribution in [2.45, 2.75) is 45.6 Å². The molecule has 0 spiro atoms. The number of anilines is 2. The minimum Gasteiger partial charge on any atom is -0.490 e. The van der Waals surface area contributed by atoms with Crippen LogP contribution in [0.3, 0.4) is 0 Å². The summed E-state index contributed by atoms with van der Waals surface area (Å²) in [7, 11) is 0. The molecular weight excluding hydrogens is 362 g/mol. The van der Waals surface area contributed by atoms with Crippen molar-refractivity contribution >= 4 is 17.3 Å². The third-order valence-electron chi connectivity index (χ3n) is 5.61. The second-order valence-electron chi connectivity index (χ2n) is 7.98. The zero-order valence-electron chi connectivity index (χ0n) is 16.3. The first kappa shape index (κ1) is 21.2. The largest absolute Gasteiger partial charge is 0.490 e. The van der Waals surface area contributed by atoms with E-state index in [1.165, 1.54) is 32.4 Å². The molecule has 2 aromatic carbocycles. The van der Waals surface area contributed by atoms with Gasteiger partial charge in [-0.05, 0) is 81.0 Å². The third kappa shape index (κ3) is 5.97. The van der Waals surface area contributed by atoms with Crippen LogP contribution in [0.2, 0.25) is 0 Å². The van der Waals surface area contributed by atoms with E-state index in [1.54, 1.807) is 24.3 Å². The van der Waals surface area contributed by atoms with Gasteiger partial charge in [0, 0.05) is 18.7 Å². The topological polar surface area (TPSA) is 67.6 Å². The van der Waals surface area contributed by atoms with Crippen LogP contribution >= 0.6 is 0 Å². The number of benzene rings is 2. The van der Waals surface area contributed by atoms with E-state index >= 15 is 0 Å². The van der Waals surface area contributed by atoms with Crippen molar-refractivity contribution in [2.24, 2.45) is 5.92 Å². The number of nitrogen functional groups attached to an aromatic ring is 1. The Morgan fingerprint density at radius 1 is 1.03 bits per heavy atom. The smallest absolute Gasteiger partial charge is 0.255 e. The van der Waals surface area contributed by atoms with Gasteiger partial charge in [-0.1, -0.05) is 19.6 Å². The van der Waals surface area contributed by atoms with Crippen LogP contribution in [0, 0.1) is 5.92 Å². The van der Waals surface area contributed by atoms with E-state index < -0.39 is 0 Å². The van der Waals surface area contributed by atoms with Gasteiger partial charge < -0.3 is 20.7 Å². The SMILES string of the molecule is C.Nc1ccccc1NC(=O)c1ccc(OC2CCCN(CC3CC3)CC2)cc1. The fraction of sp³-hybridized carbons (Fsp3) is 0.458. The first-order chi connectivity index (χ1) is 13.7. The van der Waals surface area contributed by atoms with Gasteiger partial charge >= 0.3 is 0 Å². The lowest BCUT2D eigenvalue weighted by Crippen LogP contribution is -2.28. The van der Waals surface area contributed by atoms with Crippen molar-refractivity contribution in [3.05, 3.63) is 54.1 Å². The highest BCUT2D eigenvalue weighted by Crippen LogP contribution is 2.30. The summed E-state index contributed by atoms with van der Waals surface area (Å²) in [5.74, 6) is 1.61. The highest BCUT2D eigenvalue weighted by Gasteiger charge is 2.26. The molecule has 4 rings (SSSR count). The molecule has 1 heterocycles. The molecular formula is C24H33N3O2. The number of nitrogens with one attached hydrogen (secondary N) is 1. The molecule has 1 saturated heterocycles. The number of nitrogens with zero attached hydrogens (tertiary/aromatic N) is 1. The van der Waals surface area contributed by atoms with E-state index in [0.717, 1.165) is 31.1 Å². The fourth-order valence-corrected chi connectivity index (χ4v) is 3.77. The highest BCUT2D eigenvalue weighted by molar-refractivity contribution is 6.05. The van der Waals surface area contributed by atoms with Crippen LogP contribution in [0.1, 0.15) is 49.9 Å². The standard InChI is InChI=1S/C23H29N3O2.CH4/c24-21-5-1-2-6-22(21)25-23(27)18-9-11-20(12-10-18)28-19-4-3-14-26(15-13-19)16-17-7-8-17;/h1-2,5-6,9-12,17,19H,3-4,7-8,13-16,24H2,(H,25,27);1H4. The van der Waals surface area contributed by atoms with Crippen LogP contribution in [-0.2, 0) is 0 Å². The van der Waals surface area contributed by atoms with Gasteiger partial charge in [-0.25, -0.2) is 0 Å². The summed E-state index contributed by atoms with van der Waals surface area (Å²) in [5.41, 5.74) is 7.66. The minimum atomic E-state index is -0.172. The van der Waals surface area contributed by atoms with Crippen molar-refractivity contribution in [3.63, 3.8) is 0 Å². The van der Waals surface area contributed by atoms with Gasteiger partial charge in [0.15, 0.2) is 0 Å². The molecule has 1 atom stereocenters. The van der Waals surface area contributed by atoms with Crippen molar-refractivity contribution in [1.29, 1.82) is 0 Å². The Balaban J connectivity index is 0.00000240. The summed E-state index contributed by atoms with van der Waals surface area (Å²) >= 11 is 0. The Labute approximate surface area is 174 Å². The quantitative estimate of drug-likeness (QED) is 0.690. The van der Waals surface area contributed by atoms with E-state index in [-0.39, 0.29) is 19.4 Å². The van der Waals surface area contributed by atoms with Gasteiger partial charge in [0.1, 0.15) is 5.75 Å². The van der Waals surface area contributed by atoms with Crippen LogP contribution in [0.4, 0.5) is 11.4 Å². The van der Waals surface area contributed by atoms with Gasteiger partial charge in [0.2, 0.25) is 0 Å². The van der Waals surface area contributed by atoms with Crippen molar-refractivity contribution in [2.75, 3.05) is 30.7 Å². The summed E-state index contributed by atoms with van der Waals surface area (Å²) in [5, 5.41) is 2.85. The lowest BCUT2D eigenvalue weighted by atomic mass is 10.1. The first-order valence-electron chi connectivity index (χ1n) is 10.3. The molecule has 1 aliphatic heterocycles. The summed E-state index contributed by atoms with van der Waals surface area (Å²) in [4.78, 5) is 15.0. The lowest BCUT2D eigenvalue weighted by molar-refractivity contribution is 0.102. The minimum absolute atomic E-state index is 0. The number of para-hydroxylation sites is 2. The number of hydrogen-bond acceptors (Lipinski definition) is 4. The number of hydrogen-bond donors (Lipinski definition) is 2. The number of amides is 1. The van der Waals surface area contributed by atoms with E-state index in [1.807, 2.05) is 24.3 Å². The molecule has 3 N–H and O–H groups in total. The second kappa shape index (κ2) is 9.79. The predicted molar refractivity (Wildman–Crippen MR) is 119 cm³/mol. The fourth-order valence-electron chi connectivity index (χ4n) is 3.77. The summed E-state index contributed by atoms with van der Waals surface area (Å²) in [6.45, 7) is 3.58. The number of nitrogens with two attached hydrogens (primary N) is 1. The molecule has 2 fully saturated rings. The van der Waals surface area contributed by atoms with Gasteiger partial charge in [0.25, 0.3) is 5.91 Å². The monoisotopic (exact) mass is 395 g/mol. The number of carbonyl (C=O) groups is 1. The molecule has 1 amide bonds. The molecule has 1 aliphatic carbocycles. The van der Waals surface area contributed by atoms with Crippen molar-refractivity contribution < 1.29 is 9.53 Å². The molecule has 5 nitrogen and oxygen atoms in total. The Kier molecular flexibility index (Phi) is 7.15. The van der Waals surface area contributed by atoms with Gasteiger partial charge in [-0.3, -0.25) is 4.79 Å². The van der Waals surface area contributed by atoms with Crippen LogP contribution < -0.4 is 15.8 Å². The molecule has 2 aromatic rings. The molecule has 156 valence electrons. The van der Waals surface area contributed by atoms with E-state index in [4.69, 9.17) is 10.5 Å². The maximum absolute atomic E-state index is 12.4. The van der Waals surface area contributed by atoms with Gasteiger partial charge in [-0.2, -0.15) is 0 Å². The summed E-state index contributed by atoms with van der Waals surface area (Å²) in [6, 6.07) is 14.6.